The number of rotatable bonds is 2. The number of amides is 1. The molecule has 0 aromatic heterocycles. The first-order chi connectivity index (χ1) is 10.6. The standard InChI is InChI=1S/C17H22F2N2O/c18-13-6-7-15(16(19)11-13)17(22)21-10-2-1-5-14(12-21)20-8-3-4-9-20/h6-7,11,14H,1-5,8-10,12H2. The number of nitrogens with zero attached hydrogens (tertiary/aromatic N) is 2. The van der Waals surface area contributed by atoms with Crippen molar-refractivity contribution in [2.24, 2.45) is 0 Å². The summed E-state index contributed by atoms with van der Waals surface area (Å²) < 4.78 is 26.9. The van der Waals surface area contributed by atoms with Gasteiger partial charge in [-0.3, -0.25) is 9.69 Å². The normalized spacial score (nSPS) is 23.5. The van der Waals surface area contributed by atoms with E-state index in [4.69, 9.17) is 0 Å². The van der Waals surface area contributed by atoms with Crippen molar-refractivity contribution >= 4 is 5.91 Å². The molecule has 2 heterocycles. The summed E-state index contributed by atoms with van der Waals surface area (Å²) in [4.78, 5) is 16.8. The number of benzene rings is 1. The Morgan fingerprint density at radius 2 is 1.77 bits per heavy atom. The zero-order valence-electron chi connectivity index (χ0n) is 12.7. The minimum Gasteiger partial charge on any atom is -0.337 e. The monoisotopic (exact) mass is 308 g/mol. The molecule has 2 saturated heterocycles. The van der Waals surface area contributed by atoms with Gasteiger partial charge in [0.05, 0.1) is 5.56 Å². The molecule has 0 saturated carbocycles. The largest absolute Gasteiger partial charge is 0.337 e. The first-order valence-corrected chi connectivity index (χ1v) is 8.13. The van der Waals surface area contributed by atoms with E-state index < -0.39 is 11.6 Å². The summed E-state index contributed by atoms with van der Waals surface area (Å²) in [5, 5.41) is 0. The highest BCUT2D eigenvalue weighted by Crippen LogP contribution is 2.22. The molecule has 0 N–H and O–H groups in total. The van der Waals surface area contributed by atoms with Gasteiger partial charge in [-0.1, -0.05) is 6.42 Å². The minimum atomic E-state index is -0.771. The van der Waals surface area contributed by atoms with Gasteiger partial charge in [-0.15, -0.1) is 0 Å². The van der Waals surface area contributed by atoms with Crippen LogP contribution in [0, 0.1) is 11.6 Å². The van der Waals surface area contributed by atoms with Gasteiger partial charge in [0.2, 0.25) is 0 Å². The summed E-state index contributed by atoms with van der Waals surface area (Å²) >= 11 is 0. The van der Waals surface area contributed by atoms with Gasteiger partial charge < -0.3 is 4.90 Å². The molecule has 3 nitrogen and oxygen atoms in total. The van der Waals surface area contributed by atoms with Crippen LogP contribution >= 0.6 is 0 Å². The fourth-order valence-electron chi connectivity index (χ4n) is 3.54. The van der Waals surface area contributed by atoms with Crippen molar-refractivity contribution in [2.45, 2.75) is 38.1 Å². The molecule has 0 spiro atoms. The molecule has 1 aromatic carbocycles. The number of hydrogen-bond acceptors (Lipinski definition) is 2. The highest BCUT2D eigenvalue weighted by Gasteiger charge is 2.29. The molecule has 2 aliphatic rings. The average Bonchev–Trinajstić information content (AvgIpc) is 2.91. The fourth-order valence-corrected chi connectivity index (χ4v) is 3.54. The molecule has 1 aromatic rings. The highest BCUT2D eigenvalue weighted by atomic mass is 19.1. The van der Waals surface area contributed by atoms with Crippen molar-refractivity contribution in [3.8, 4) is 0 Å². The third-order valence-electron chi connectivity index (χ3n) is 4.75. The molecule has 0 aliphatic carbocycles. The third-order valence-corrected chi connectivity index (χ3v) is 4.75. The molecule has 1 unspecified atom stereocenters. The maximum Gasteiger partial charge on any atom is 0.256 e. The molecule has 2 aliphatic heterocycles. The molecule has 120 valence electrons. The van der Waals surface area contributed by atoms with Crippen LogP contribution in [0.2, 0.25) is 0 Å². The van der Waals surface area contributed by atoms with E-state index in [-0.39, 0.29) is 11.5 Å². The molecule has 1 atom stereocenters. The van der Waals surface area contributed by atoms with Crippen molar-refractivity contribution in [1.29, 1.82) is 0 Å². The quantitative estimate of drug-likeness (QED) is 0.838. The van der Waals surface area contributed by atoms with Crippen molar-refractivity contribution < 1.29 is 13.6 Å². The second-order valence-corrected chi connectivity index (χ2v) is 6.27. The van der Waals surface area contributed by atoms with Gasteiger partial charge in [-0.05, 0) is 50.9 Å². The van der Waals surface area contributed by atoms with Crippen molar-refractivity contribution in [1.82, 2.24) is 9.80 Å². The second-order valence-electron chi connectivity index (χ2n) is 6.27. The lowest BCUT2D eigenvalue weighted by Gasteiger charge is -2.30. The molecule has 0 radical (unpaired) electrons. The van der Waals surface area contributed by atoms with Crippen LogP contribution in [0.5, 0.6) is 0 Å². The Labute approximate surface area is 129 Å². The van der Waals surface area contributed by atoms with Gasteiger partial charge in [0, 0.05) is 25.2 Å². The SMILES string of the molecule is O=C(c1ccc(F)cc1F)N1CCCCC(N2CCCC2)C1. The summed E-state index contributed by atoms with van der Waals surface area (Å²) in [5.74, 6) is -1.74. The van der Waals surface area contributed by atoms with Crippen LogP contribution in [-0.4, -0.2) is 47.9 Å². The zero-order chi connectivity index (χ0) is 15.5. The Balaban J connectivity index is 1.75. The molecule has 22 heavy (non-hydrogen) atoms. The molecule has 2 fully saturated rings. The molecular formula is C17H22F2N2O. The number of carbonyl (C=O) groups excluding carboxylic acids is 1. The Morgan fingerprint density at radius 3 is 2.50 bits per heavy atom. The van der Waals surface area contributed by atoms with E-state index in [0.717, 1.165) is 44.5 Å². The van der Waals surface area contributed by atoms with E-state index in [2.05, 4.69) is 4.90 Å². The van der Waals surface area contributed by atoms with Gasteiger partial charge in [0.25, 0.3) is 5.91 Å². The van der Waals surface area contributed by atoms with Crippen LogP contribution in [0.15, 0.2) is 18.2 Å². The number of hydrogen-bond donors (Lipinski definition) is 0. The Bertz CT molecular complexity index is 543. The van der Waals surface area contributed by atoms with Crippen LogP contribution in [0.4, 0.5) is 8.78 Å². The summed E-state index contributed by atoms with van der Waals surface area (Å²) in [6.45, 7) is 3.49. The first kappa shape index (κ1) is 15.4. The summed E-state index contributed by atoms with van der Waals surface area (Å²) in [5.41, 5.74) is -0.0246. The van der Waals surface area contributed by atoms with Crippen LogP contribution in [-0.2, 0) is 0 Å². The van der Waals surface area contributed by atoms with Crippen molar-refractivity contribution in [3.05, 3.63) is 35.4 Å². The Morgan fingerprint density at radius 1 is 1.05 bits per heavy atom. The molecular weight excluding hydrogens is 286 g/mol. The van der Waals surface area contributed by atoms with Gasteiger partial charge in [-0.2, -0.15) is 0 Å². The maximum atomic E-state index is 13.9. The van der Waals surface area contributed by atoms with Crippen LogP contribution < -0.4 is 0 Å². The lowest BCUT2D eigenvalue weighted by Crippen LogP contribution is -2.44. The molecule has 3 rings (SSSR count). The molecule has 0 bridgehead atoms. The fraction of sp³-hybridized carbons (Fsp3) is 0.588. The van der Waals surface area contributed by atoms with Crippen molar-refractivity contribution in [3.63, 3.8) is 0 Å². The number of halogens is 2. The maximum absolute atomic E-state index is 13.9. The van der Waals surface area contributed by atoms with E-state index in [9.17, 15) is 13.6 Å². The molecule has 5 heteroatoms. The van der Waals surface area contributed by atoms with E-state index in [0.29, 0.717) is 19.1 Å². The number of carbonyl (C=O) groups is 1. The molecule has 1 amide bonds. The van der Waals surface area contributed by atoms with E-state index in [1.54, 1.807) is 4.90 Å². The lowest BCUT2D eigenvalue weighted by molar-refractivity contribution is 0.0709. The summed E-state index contributed by atoms with van der Waals surface area (Å²) in [6, 6.07) is 3.55. The van der Waals surface area contributed by atoms with Crippen LogP contribution in [0.1, 0.15) is 42.5 Å². The lowest BCUT2D eigenvalue weighted by atomic mass is 10.1. The topological polar surface area (TPSA) is 23.6 Å². The van der Waals surface area contributed by atoms with Crippen LogP contribution in [0.3, 0.4) is 0 Å². The predicted octanol–water partition coefficient (Wildman–Crippen LogP) is 3.06. The predicted molar refractivity (Wildman–Crippen MR) is 80.7 cm³/mol. The first-order valence-electron chi connectivity index (χ1n) is 8.13. The van der Waals surface area contributed by atoms with Gasteiger partial charge in [-0.25, -0.2) is 8.78 Å². The highest BCUT2D eigenvalue weighted by molar-refractivity contribution is 5.94. The Hall–Kier alpha value is -1.49. The van der Waals surface area contributed by atoms with E-state index >= 15 is 0 Å². The second kappa shape index (κ2) is 6.73. The van der Waals surface area contributed by atoms with E-state index in [1.807, 2.05) is 0 Å². The number of likely N-dealkylation sites (tertiary alicyclic amines) is 2. The van der Waals surface area contributed by atoms with Gasteiger partial charge >= 0.3 is 0 Å². The third kappa shape index (κ3) is 3.29. The Kier molecular flexibility index (Phi) is 4.71. The smallest absolute Gasteiger partial charge is 0.256 e. The van der Waals surface area contributed by atoms with Crippen LogP contribution in [0.25, 0.3) is 0 Å². The van der Waals surface area contributed by atoms with Crippen molar-refractivity contribution in [2.75, 3.05) is 26.2 Å². The van der Waals surface area contributed by atoms with Gasteiger partial charge in [0.15, 0.2) is 0 Å². The average molecular weight is 308 g/mol. The van der Waals surface area contributed by atoms with Gasteiger partial charge in [0.1, 0.15) is 11.6 Å². The summed E-state index contributed by atoms with van der Waals surface area (Å²) in [6.07, 6.45) is 5.57. The summed E-state index contributed by atoms with van der Waals surface area (Å²) in [7, 11) is 0. The minimum absolute atomic E-state index is 0.0246. The zero-order valence-corrected chi connectivity index (χ0v) is 12.7. The van der Waals surface area contributed by atoms with E-state index in [1.165, 1.54) is 18.9 Å².